The lowest BCUT2D eigenvalue weighted by Gasteiger charge is -2.21. The molecule has 0 saturated carbocycles. The normalized spacial score (nSPS) is 29.2. The van der Waals surface area contributed by atoms with Crippen molar-refractivity contribution >= 4 is 6.29 Å². The van der Waals surface area contributed by atoms with Crippen molar-refractivity contribution in [1.29, 1.82) is 0 Å². The molecule has 0 amide bonds. The lowest BCUT2D eigenvalue weighted by atomic mass is 9.90. The molecule has 3 heteroatoms. The lowest BCUT2D eigenvalue weighted by Crippen LogP contribution is -2.24. The third kappa shape index (κ3) is 1.74. The Labute approximate surface area is 71.0 Å². The van der Waals surface area contributed by atoms with E-state index in [2.05, 4.69) is 0 Å². The van der Waals surface area contributed by atoms with Crippen molar-refractivity contribution < 1.29 is 15.0 Å². The molecule has 2 unspecified atom stereocenters. The van der Waals surface area contributed by atoms with Gasteiger partial charge in [0.25, 0.3) is 0 Å². The van der Waals surface area contributed by atoms with Crippen LogP contribution in [0, 0.1) is 5.92 Å². The smallest absolute Gasteiger partial charge is 0.122 e. The average molecular weight is 168 g/mol. The number of hydrogen-bond donors (Lipinski definition) is 2. The van der Waals surface area contributed by atoms with Crippen LogP contribution in [0.15, 0.2) is 23.5 Å². The summed E-state index contributed by atoms with van der Waals surface area (Å²) in [5.41, 5.74) is 0.879. The highest BCUT2D eigenvalue weighted by Crippen LogP contribution is 2.23. The van der Waals surface area contributed by atoms with E-state index >= 15 is 0 Å². The topological polar surface area (TPSA) is 57.5 Å². The molecule has 0 aromatic carbocycles. The van der Waals surface area contributed by atoms with E-state index in [-0.39, 0.29) is 18.1 Å². The molecule has 0 bridgehead atoms. The Morgan fingerprint density at radius 3 is 2.92 bits per heavy atom. The van der Waals surface area contributed by atoms with Gasteiger partial charge in [-0.25, -0.2) is 0 Å². The molecule has 1 aliphatic carbocycles. The van der Waals surface area contributed by atoms with Crippen LogP contribution in [0.1, 0.15) is 13.3 Å². The SMILES string of the molecule is CC1=CC(CC=O)C(O)C(O)=C1. The van der Waals surface area contributed by atoms with E-state index in [1.54, 1.807) is 6.08 Å². The van der Waals surface area contributed by atoms with Crippen LogP contribution in [-0.4, -0.2) is 22.6 Å². The molecular formula is C9H12O3. The maximum atomic E-state index is 10.2. The van der Waals surface area contributed by atoms with Gasteiger partial charge in [0, 0.05) is 12.3 Å². The van der Waals surface area contributed by atoms with E-state index in [0.717, 1.165) is 11.9 Å². The molecular weight excluding hydrogens is 156 g/mol. The molecule has 66 valence electrons. The molecule has 3 nitrogen and oxygen atoms in total. The highest BCUT2D eigenvalue weighted by atomic mass is 16.3. The maximum absolute atomic E-state index is 10.2. The molecule has 0 spiro atoms. The van der Waals surface area contributed by atoms with Crippen LogP contribution >= 0.6 is 0 Å². The van der Waals surface area contributed by atoms with Crippen molar-refractivity contribution in [2.24, 2.45) is 5.92 Å². The van der Waals surface area contributed by atoms with E-state index in [4.69, 9.17) is 0 Å². The fourth-order valence-corrected chi connectivity index (χ4v) is 1.32. The van der Waals surface area contributed by atoms with Crippen LogP contribution in [0.4, 0.5) is 0 Å². The van der Waals surface area contributed by atoms with Gasteiger partial charge in [-0.3, -0.25) is 0 Å². The van der Waals surface area contributed by atoms with Crippen LogP contribution in [0.2, 0.25) is 0 Å². The van der Waals surface area contributed by atoms with Gasteiger partial charge in [0.15, 0.2) is 0 Å². The minimum Gasteiger partial charge on any atom is -0.510 e. The Balaban J connectivity index is 2.78. The van der Waals surface area contributed by atoms with Crippen LogP contribution < -0.4 is 0 Å². The average Bonchev–Trinajstić information content (AvgIpc) is 2.00. The van der Waals surface area contributed by atoms with E-state index < -0.39 is 6.10 Å². The summed E-state index contributed by atoms with van der Waals surface area (Å²) in [5, 5.41) is 18.6. The predicted molar refractivity (Wildman–Crippen MR) is 44.6 cm³/mol. The Hall–Kier alpha value is -1.09. The van der Waals surface area contributed by atoms with Crippen molar-refractivity contribution in [2.75, 3.05) is 0 Å². The monoisotopic (exact) mass is 168 g/mol. The van der Waals surface area contributed by atoms with Crippen molar-refractivity contribution in [2.45, 2.75) is 19.4 Å². The molecule has 0 radical (unpaired) electrons. The zero-order valence-electron chi connectivity index (χ0n) is 6.90. The summed E-state index contributed by atoms with van der Waals surface area (Å²) in [6.07, 6.45) is 3.37. The Kier molecular flexibility index (Phi) is 2.65. The minimum atomic E-state index is -0.918. The van der Waals surface area contributed by atoms with Crippen LogP contribution in [-0.2, 0) is 4.79 Å². The first-order valence-corrected chi connectivity index (χ1v) is 3.86. The van der Waals surface area contributed by atoms with E-state index in [1.165, 1.54) is 6.08 Å². The number of aliphatic hydroxyl groups excluding tert-OH is 2. The largest absolute Gasteiger partial charge is 0.510 e. The zero-order chi connectivity index (χ0) is 9.14. The molecule has 0 saturated heterocycles. The molecule has 0 aliphatic heterocycles. The van der Waals surface area contributed by atoms with Crippen molar-refractivity contribution in [3.8, 4) is 0 Å². The fraction of sp³-hybridized carbons (Fsp3) is 0.444. The second-order valence-electron chi connectivity index (χ2n) is 2.99. The first-order chi connectivity index (χ1) is 5.65. The standard InChI is InChI=1S/C9H12O3/c1-6-4-7(2-3-10)9(12)8(11)5-6/h3-5,7,9,11-12H,2H2,1H3. The predicted octanol–water partition coefficient (Wildman–Crippen LogP) is 0.954. The Morgan fingerprint density at radius 1 is 1.67 bits per heavy atom. The number of carbonyl (C=O) groups excluding carboxylic acids is 1. The Morgan fingerprint density at radius 2 is 2.33 bits per heavy atom. The quantitative estimate of drug-likeness (QED) is 0.603. The third-order valence-corrected chi connectivity index (χ3v) is 1.93. The van der Waals surface area contributed by atoms with Gasteiger partial charge < -0.3 is 15.0 Å². The number of hydrogen-bond acceptors (Lipinski definition) is 3. The van der Waals surface area contributed by atoms with Crippen LogP contribution in [0.5, 0.6) is 0 Å². The van der Waals surface area contributed by atoms with Gasteiger partial charge in [0.1, 0.15) is 18.1 Å². The number of aliphatic hydroxyl groups is 2. The minimum absolute atomic E-state index is 0.0538. The first-order valence-electron chi connectivity index (χ1n) is 3.86. The van der Waals surface area contributed by atoms with Crippen molar-refractivity contribution in [3.05, 3.63) is 23.5 Å². The van der Waals surface area contributed by atoms with Crippen molar-refractivity contribution in [3.63, 3.8) is 0 Å². The Bertz CT molecular complexity index is 240. The first kappa shape index (κ1) is 9.00. The molecule has 0 aromatic rings. The summed E-state index contributed by atoms with van der Waals surface area (Å²) in [5.74, 6) is -0.325. The lowest BCUT2D eigenvalue weighted by molar-refractivity contribution is -0.109. The number of carbonyl (C=O) groups is 1. The highest BCUT2D eigenvalue weighted by molar-refractivity contribution is 5.51. The van der Waals surface area contributed by atoms with Gasteiger partial charge >= 0.3 is 0 Å². The summed E-state index contributed by atoms with van der Waals surface area (Å²) < 4.78 is 0. The van der Waals surface area contributed by atoms with Gasteiger partial charge in [-0.05, 0) is 13.0 Å². The number of rotatable bonds is 2. The van der Waals surface area contributed by atoms with Crippen LogP contribution in [0.25, 0.3) is 0 Å². The highest BCUT2D eigenvalue weighted by Gasteiger charge is 2.23. The maximum Gasteiger partial charge on any atom is 0.122 e. The summed E-state index contributed by atoms with van der Waals surface area (Å²) >= 11 is 0. The van der Waals surface area contributed by atoms with E-state index in [0.29, 0.717) is 0 Å². The number of allylic oxidation sites excluding steroid dienone is 2. The summed E-state index contributed by atoms with van der Waals surface area (Å²) in [6.45, 7) is 1.82. The van der Waals surface area contributed by atoms with Gasteiger partial charge in [0.05, 0.1) is 0 Å². The van der Waals surface area contributed by atoms with E-state index in [9.17, 15) is 15.0 Å². The van der Waals surface area contributed by atoms with Gasteiger partial charge in [-0.1, -0.05) is 11.6 Å². The molecule has 1 aliphatic rings. The van der Waals surface area contributed by atoms with Gasteiger partial charge in [-0.2, -0.15) is 0 Å². The summed E-state index contributed by atoms with van der Waals surface area (Å²) in [6, 6.07) is 0. The molecule has 1 rings (SSSR count). The van der Waals surface area contributed by atoms with Crippen LogP contribution in [0.3, 0.4) is 0 Å². The second-order valence-corrected chi connectivity index (χ2v) is 2.99. The second kappa shape index (κ2) is 3.54. The molecule has 12 heavy (non-hydrogen) atoms. The van der Waals surface area contributed by atoms with E-state index in [1.807, 2.05) is 6.92 Å². The van der Waals surface area contributed by atoms with Gasteiger partial charge in [-0.15, -0.1) is 0 Å². The summed E-state index contributed by atoms with van der Waals surface area (Å²) in [4.78, 5) is 10.2. The molecule has 2 N–H and O–H groups in total. The molecule has 0 aromatic heterocycles. The van der Waals surface area contributed by atoms with Gasteiger partial charge in [0.2, 0.25) is 0 Å². The fourth-order valence-electron chi connectivity index (χ4n) is 1.32. The zero-order valence-corrected chi connectivity index (χ0v) is 6.90. The third-order valence-electron chi connectivity index (χ3n) is 1.93. The number of aldehydes is 1. The molecule has 0 fully saturated rings. The summed E-state index contributed by atoms with van der Waals surface area (Å²) in [7, 11) is 0. The molecule has 0 heterocycles. The van der Waals surface area contributed by atoms with Crippen molar-refractivity contribution in [1.82, 2.24) is 0 Å². The molecule has 2 atom stereocenters.